The zero-order valence-electron chi connectivity index (χ0n) is 12.9. The first-order valence-electron chi connectivity index (χ1n) is 6.92. The Hall–Kier alpha value is -2.90. The summed E-state index contributed by atoms with van der Waals surface area (Å²) < 4.78 is 4.86. The SMILES string of the molecule is CC(=O)OCc1ccc(NC(=O)C(C)NC(=O)CNC=O)cc1. The van der Waals surface area contributed by atoms with Gasteiger partial charge in [-0.25, -0.2) is 0 Å². The molecular formula is C15H19N3O5. The fraction of sp³-hybridized carbons (Fsp3) is 0.333. The minimum absolute atomic E-state index is 0.166. The lowest BCUT2D eigenvalue weighted by Gasteiger charge is -2.14. The predicted molar refractivity (Wildman–Crippen MR) is 82.2 cm³/mol. The molecule has 0 radical (unpaired) electrons. The molecular weight excluding hydrogens is 302 g/mol. The van der Waals surface area contributed by atoms with E-state index in [0.29, 0.717) is 12.1 Å². The molecule has 0 saturated carbocycles. The van der Waals surface area contributed by atoms with Crippen LogP contribution in [0.3, 0.4) is 0 Å². The molecule has 8 nitrogen and oxygen atoms in total. The van der Waals surface area contributed by atoms with Crippen molar-refractivity contribution in [3.8, 4) is 0 Å². The fourth-order valence-electron chi connectivity index (χ4n) is 1.61. The molecule has 1 rings (SSSR count). The Morgan fingerprint density at radius 1 is 1.22 bits per heavy atom. The van der Waals surface area contributed by atoms with E-state index in [1.807, 2.05) is 0 Å². The predicted octanol–water partition coefficient (Wildman–Crippen LogP) is -0.0611. The molecule has 0 fully saturated rings. The van der Waals surface area contributed by atoms with Crippen molar-refractivity contribution in [3.63, 3.8) is 0 Å². The number of amides is 3. The second kappa shape index (κ2) is 9.19. The lowest BCUT2D eigenvalue weighted by Crippen LogP contribution is -2.44. The maximum absolute atomic E-state index is 11.9. The molecule has 0 spiro atoms. The van der Waals surface area contributed by atoms with Gasteiger partial charge in [-0.3, -0.25) is 19.2 Å². The van der Waals surface area contributed by atoms with Crippen LogP contribution in [0.5, 0.6) is 0 Å². The van der Waals surface area contributed by atoms with Gasteiger partial charge in [0.15, 0.2) is 0 Å². The molecule has 0 saturated heterocycles. The van der Waals surface area contributed by atoms with Crippen molar-refractivity contribution >= 4 is 29.9 Å². The van der Waals surface area contributed by atoms with Gasteiger partial charge < -0.3 is 20.7 Å². The van der Waals surface area contributed by atoms with Crippen molar-refractivity contribution in [1.82, 2.24) is 10.6 Å². The molecule has 8 heteroatoms. The monoisotopic (exact) mass is 321 g/mol. The van der Waals surface area contributed by atoms with Gasteiger partial charge in [0.1, 0.15) is 12.6 Å². The lowest BCUT2D eigenvalue weighted by molar-refractivity contribution is -0.142. The summed E-state index contributed by atoms with van der Waals surface area (Å²) in [5.41, 5.74) is 1.34. The number of hydrogen-bond acceptors (Lipinski definition) is 5. The van der Waals surface area contributed by atoms with Gasteiger partial charge in [0, 0.05) is 12.6 Å². The van der Waals surface area contributed by atoms with Crippen LogP contribution in [0.4, 0.5) is 5.69 Å². The summed E-state index contributed by atoms with van der Waals surface area (Å²) in [6.45, 7) is 2.84. The Morgan fingerprint density at radius 3 is 2.43 bits per heavy atom. The lowest BCUT2D eigenvalue weighted by atomic mass is 10.2. The summed E-state index contributed by atoms with van der Waals surface area (Å²) in [4.78, 5) is 44.1. The number of nitrogens with one attached hydrogen (secondary N) is 3. The van der Waals surface area contributed by atoms with Crippen LogP contribution in [-0.4, -0.2) is 36.8 Å². The highest BCUT2D eigenvalue weighted by atomic mass is 16.5. The van der Waals surface area contributed by atoms with Crippen LogP contribution in [0, 0.1) is 0 Å². The Kier molecular flexibility index (Phi) is 7.25. The number of carbonyl (C=O) groups excluding carboxylic acids is 4. The minimum Gasteiger partial charge on any atom is -0.461 e. The Balaban J connectivity index is 2.48. The first-order chi connectivity index (χ1) is 10.9. The Morgan fingerprint density at radius 2 is 1.87 bits per heavy atom. The summed E-state index contributed by atoms with van der Waals surface area (Å²) in [5.74, 6) is -1.22. The van der Waals surface area contributed by atoms with E-state index < -0.39 is 17.9 Å². The van der Waals surface area contributed by atoms with Crippen molar-refractivity contribution < 1.29 is 23.9 Å². The highest BCUT2D eigenvalue weighted by molar-refractivity contribution is 5.97. The molecule has 1 unspecified atom stereocenters. The third-order valence-electron chi connectivity index (χ3n) is 2.78. The van der Waals surface area contributed by atoms with E-state index in [1.54, 1.807) is 24.3 Å². The largest absolute Gasteiger partial charge is 0.461 e. The zero-order valence-corrected chi connectivity index (χ0v) is 12.9. The molecule has 0 aliphatic rings. The summed E-state index contributed by atoms with van der Waals surface area (Å²) in [5, 5.41) is 7.30. The summed E-state index contributed by atoms with van der Waals surface area (Å²) in [6.07, 6.45) is 0.404. The molecule has 3 N–H and O–H groups in total. The highest BCUT2D eigenvalue weighted by Crippen LogP contribution is 2.11. The quantitative estimate of drug-likeness (QED) is 0.458. The van der Waals surface area contributed by atoms with Crippen molar-refractivity contribution in [2.24, 2.45) is 0 Å². The van der Waals surface area contributed by atoms with E-state index in [0.717, 1.165) is 5.56 Å². The van der Waals surface area contributed by atoms with Crippen LogP contribution < -0.4 is 16.0 Å². The van der Waals surface area contributed by atoms with Crippen LogP contribution in [0.15, 0.2) is 24.3 Å². The van der Waals surface area contributed by atoms with Crippen LogP contribution >= 0.6 is 0 Å². The van der Waals surface area contributed by atoms with Crippen molar-refractivity contribution in [3.05, 3.63) is 29.8 Å². The molecule has 0 aromatic heterocycles. The molecule has 124 valence electrons. The number of ether oxygens (including phenoxy) is 1. The molecule has 1 aromatic rings. The smallest absolute Gasteiger partial charge is 0.302 e. The maximum atomic E-state index is 11.9. The van der Waals surface area contributed by atoms with Gasteiger partial charge in [0.25, 0.3) is 0 Å². The second-order valence-corrected chi connectivity index (χ2v) is 4.75. The maximum Gasteiger partial charge on any atom is 0.302 e. The van der Waals surface area contributed by atoms with Crippen molar-refractivity contribution in [1.29, 1.82) is 0 Å². The average molecular weight is 321 g/mol. The van der Waals surface area contributed by atoms with Crippen LogP contribution in [0.25, 0.3) is 0 Å². The molecule has 0 bridgehead atoms. The average Bonchev–Trinajstić information content (AvgIpc) is 2.52. The van der Waals surface area contributed by atoms with Crippen LogP contribution in [-0.2, 0) is 30.5 Å². The van der Waals surface area contributed by atoms with E-state index in [9.17, 15) is 19.2 Å². The third kappa shape index (κ3) is 7.07. The molecule has 3 amide bonds. The minimum atomic E-state index is -0.753. The Labute approximate surface area is 133 Å². The summed E-state index contributed by atoms with van der Waals surface area (Å²) >= 11 is 0. The third-order valence-corrected chi connectivity index (χ3v) is 2.78. The van der Waals surface area contributed by atoms with Gasteiger partial charge in [-0.15, -0.1) is 0 Å². The Bertz CT molecular complexity index is 571. The van der Waals surface area contributed by atoms with E-state index in [1.165, 1.54) is 13.8 Å². The molecule has 23 heavy (non-hydrogen) atoms. The van der Waals surface area contributed by atoms with Gasteiger partial charge in [-0.1, -0.05) is 12.1 Å². The molecule has 0 aliphatic heterocycles. The van der Waals surface area contributed by atoms with Crippen LogP contribution in [0.1, 0.15) is 19.4 Å². The van der Waals surface area contributed by atoms with Gasteiger partial charge in [-0.05, 0) is 24.6 Å². The van der Waals surface area contributed by atoms with Crippen molar-refractivity contribution in [2.45, 2.75) is 26.5 Å². The van der Waals surface area contributed by atoms with Gasteiger partial charge in [-0.2, -0.15) is 0 Å². The summed E-state index contributed by atoms with van der Waals surface area (Å²) in [6, 6.07) is 6.01. The number of anilines is 1. The highest BCUT2D eigenvalue weighted by Gasteiger charge is 2.15. The van der Waals surface area contributed by atoms with Gasteiger partial charge >= 0.3 is 5.97 Å². The first-order valence-corrected chi connectivity index (χ1v) is 6.92. The molecule has 0 aliphatic carbocycles. The van der Waals surface area contributed by atoms with Crippen LogP contribution in [0.2, 0.25) is 0 Å². The zero-order chi connectivity index (χ0) is 17.2. The van der Waals surface area contributed by atoms with E-state index in [2.05, 4.69) is 16.0 Å². The number of rotatable bonds is 8. The first kappa shape index (κ1) is 18.1. The fourth-order valence-corrected chi connectivity index (χ4v) is 1.61. The number of esters is 1. The van der Waals surface area contributed by atoms with Gasteiger partial charge in [0.05, 0.1) is 6.54 Å². The summed E-state index contributed by atoms with van der Waals surface area (Å²) in [7, 11) is 0. The van der Waals surface area contributed by atoms with Crippen molar-refractivity contribution in [2.75, 3.05) is 11.9 Å². The second-order valence-electron chi connectivity index (χ2n) is 4.75. The van der Waals surface area contributed by atoms with E-state index in [-0.39, 0.29) is 19.1 Å². The number of hydrogen-bond donors (Lipinski definition) is 3. The van der Waals surface area contributed by atoms with E-state index in [4.69, 9.17) is 4.74 Å². The van der Waals surface area contributed by atoms with E-state index >= 15 is 0 Å². The number of benzene rings is 1. The van der Waals surface area contributed by atoms with Gasteiger partial charge in [0.2, 0.25) is 18.2 Å². The number of carbonyl (C=O) groups is 4. The standard InChI is InChI=1S/C15H19N3O5/c1-10(17-14(21)7-16-9-19)15(22)18-13-5-3-12(4-6-13)8-23-11(2)20/h3-6,9-10H,7-8H2,1-2H3,(H,16,19)(H,17,21)(H,18,22). The molecule has 0 heterocycles. The molecule has 1 atom stereocenters. The normalized spacial score (nSPS) is 11.0. The topological polar surface area (TPSA) is 114 Å². The molecule has 1 aromatic carbocycles.